The third-order valence-corrected chi connectivity index (χ3v) is 4.53. The van der Waals surface area contributed by atoms with Crippen LogP contribution in [0, 0.1) is 0 Å². The van der Waals surface area contributed by atoms with E-state index < -0.39 is 0 Å². The fraction of sp³-hybridized carbons (Fsp3) is 0.316. The Balaban J connectivity index is 1.92. The van der Waals surface area contributed by atoms with Crippen LogP contribution in [0.15, 0.2) is 53.5 Å². The summed E-state index contributed by atoms with van der Waals surface area (Å²) in [7, 11) is 0. The Bertz CT molecular complexity index is 640. The molecule has 108 valence electrons. The Morgan fingerprint density at radius 2 is 1.71 bits per heavy atom. The molecule has 1 saturated carbocycles. The van der Waals surface area contributed by atoms with Gasteiger partial charge in [-0.25, -0.2) is 0 Å². The number of rotatable bonds is 3. The van der Waals surface area contributed by atoms with Gasteiger partial charge in [0.25, 0.3) is 0 Å². The van der Waals surface area contributed by atoms with Crippen LogP contribution in [0.2, 0.25) is 0 Å². The molecule has 0 unspecified atom stereocenters. The van der Waals surface area contributed by atoms with E-state index in [1.54, 1.807) is 6.21 Å². The highest BCUT2D eigenvalue weighted by atomic mass is 16.3. The summed E-state index contributed by atoms with van der Waals surface area (Å²) in [6, 6.07) is 15.8. The fourth-order valence-electron chi connectivity index (χ4n) is 3.24. The minimum Gasteiger partial charge on any atom is -0.507 e. The van der Waals surface area contributed by atoms with Crippen LogP contribution >= 0.6 is 0 Å². The van der Waals surface area contributed by atoms with E-state index in [0.717, 1.165) is 29.7 Å². The van der Waals surface area contributed by atoms with Crippen molar-refractivity contribution in [1.29, 1.82) is 0 Å². The molecule has 2 heteroatoms. The third-order valence-electron chi connectivity index (χ3n) is 4.53. The van der Waals surface area contributed by atoms with E-state index in [-0.39, 0.29) is 5.41 Å². The molecule has 0 radical (unpaired) electrons. The minimum absolute atomic E-state index is 0.112. The predicted octanol–water partition coefficient (Wildman–Crippen LogP) is 4.97. The van der Waals surface area contributed by atoms with E-state index in [0.29, 0.717) is 5.75 Å². The lowest BCUT2D eigenvalue weighted by atomic mass is 9.80. The second-order valence-electron chi connectivity index (χ2n) is 6.10. The molecule has 1 N–H and O–H groups in total. The van der Waals surface area contributed by atoms with Gasteiger partial charge >= 0.3 is 0 Å². The molecule has 0 amide bonds. The molecular formula is C19H21NO. The summed E-state index contributed by atoms with van der Waals surface area (Å²) in [6.07, 6.45) is 6.56. The van der Waals surface area contributed by atoms with Crippen LogP contribution in [0.25, 0.3) is 0 Å². The Kier molecular flexibility index (Phi) is 3.78. The molecule has 0 atom stereocenters. The lowest BCUT2D eigenvalue weighted by Gasteiger charge is -2.25. The van der Waals surface area contributed by atoms with Crippen LogP contribution in [0.5, 0.6) is 5.75 Å². The number of para-hydroxylation sites is 2. The summed E-state index contributed by atoms with van der Waals surface area (Å²) >= 11 is 0. The first kappa shape index (κ1) is 13.9. The highest BCUT2D eigenvalue weighted by Gasteiger charge is 2.33. The van der Waals surface area contributed by atoms with Gasteiger partial charge in [0.2, 0.25) is 0 Å². The maximum Gasteiger partial charge on any atom is 0.128 e. The summed E-state index contributed by atoms with van der Waals surface area (Å²) in [6.45, 7) is 2.26. The van der Waals surface area contributed by atoms with E-state index in [1.807, 2.05) is 42.5 Å². The summed E-state index contributed by atoms with van der Waals surface area (Å²) in [5.41, 5.74) is 2.87. The van der Waals surface area contributed by atoms with Crippen LogP contribution in [-0.2, 0) is 5.41 Å². The van der Waals surface area contributed by atoms with Crippen molar-refractivity contribution in [3.63, 3.8) is 0 Å². The van der Waals surface area contributed by atoms with Gasteiger partial charge in [-0.1, -0.05) is 50.1 Å². The molecule has 2 aromatic rings. The second-order valence-corrected chi connectivity index (χ2v) is 6.10. The molecule has 0 aromatic heterocycles. The predicted molar refractivity (Wildman–Crippen MR) is 87.6 cm³/mol. The Labute approximate surface area is 126 Å². The van der Waals surface area contributed by atoms with Crippen molar-refractivity contribution < 1.29 is 5.11 Å². The molecule has 2 nitrogen and oxygen atoms in total. The van der Waals surface area contributed by atoms with E-state index in [1.165, 1.54) is 12.8 Å². The summed E-state index contributed by atoms with van der Waals surface area (Å²) in [5.74, 6) is 0.390. The Morgan fingerprint density at radius 1 is 1.00 bits per heavy atom. The van der Waals surface area contributed by atoms with Crippen LogP contribution in [0.4, 0.5) is 5.69 Å². The van der Waals surface area contributed by atoms with Crippen molar-refractivity contribution >= 4 is 11.9 Å². The molecule has 0 aliphatic heterocycles. The first-order valence-electron chi connectivity index (χ1n) is 7.61. The summed E-state index contributed by atoms with van der Waals surface area (Å²) in [4.78, 5) is 4.44. The van der Waals surface area contributed by atoms with Crippen LogP contribution in [0.3, 0.4) is 0 Å². The molecule has 0 spiro atoms. The number of nitrogens with zero attached hydrogens (tertiary/aromatic N) is 1. The van der Waals surface area contributed by atoms with Gasteiger partial charge in [-0.15, -0.1) is 0 Å². The van der Waals surface area contributed by atoms with Crippen LogP contribution < -0.4 is 0 Å². The average Bonchev–Trinajstić information content (AvgIpc) is 2.95. The molecule has 21 heavy (non-hydrogen) atoms. The lowest BCUT2D eigenvalue weighted by Crippen LogP contribution is -2.17. The fourth-order valence-corrected chi connectivity index (χ4v) is 3.24. The van der Waals surface area contributed by atoms with Gasteiger partial charge in [-0.2, -0.15) is 0 Å². The van der Waals surface area contributed by atoms with Crippen LogP contribution in [0.1, 0.15) is 43.7 Å². The molecule has 0 heterocycles. The van der Waals surface area contributed by atoms with Gasteiger partial charge in [0.1, 0.15) is 5.75 Å². The van der Waals surface area contributed by atoms with Crippen LogP contribution in [-0.4, -0.2) is 11.3 Å². The zero-order valence-corrected chi connectivity index (χ0v) is 12.4. The maximum atomic E-state index is 10.6. The molecule has 0 saturated heterocycles. The SMILES string of the molecule is CC1(c2cccc(/C=N/c3ccccc3)c2O)CCCC1. The zero-order chi connectivity index (χ0) is 14.7. The van der Waals surface area contributed by atoms with Crippen molar-refractivity contribution in [1.82, 2.24) is 0 Å². The topological polar surface area (TPSA) is 32.6 Å². The molecule has 0 bridgehead atoms. The lowest BCUT2D eigenvalue weighted by molar-refractivity contribution is 0.422. The van der Waals surface area contributed by atoms with Gasteiger partial charge in [0.15, 0.2) is 0 Å². The van der Waals surface area contributed by atoms with Crippen molar-refractivity contribution in [3.05, 3.63) is 59.7 Å². The summed E-state index contributed by atoms with van der Waals surface area (Å²) in [5, 5.41) is 10.6. The quantitative estimate of drug-likeness (QED) is 0.790. The van der Waals surface area contributed by atoms with Gasteiger partial charge in [0, 0.05) is 17.3 Å². The monoisotopic (exact) mass is 279 g/mol. The molecule has 1 aliphatic carbocycles. The smallest absolute Gasteiger partial charge is 0.128 e. The Morgan fingerprint density at radius 3 is 2.43 bits per heavy atom. The normalized spacial score (nSPS) is 17.4. The number of phenolic OH excluding ortho intramolecular Hbond substituents is 1. The molecule has 2 aromatic carbocycles. The second kappa shape index (κ2) is 5.72. The highest BCUT2D eigenvalue weighted by molar-refractivity contribution is 5.86. The van der Waals surface area contributed by atoms with Crippen molar-refractivity contribution in [3.8, 4) is 5.75 Å². The number of phenols is 1. The number of aromatic hydroxyl groups is 1. The van der Waals surface area contributed by atoms with E-state index >= 15 is 0 Å². The van der Waals surface area contributed by atoms with E-state index in [2.05, 4.69) is 18.0 Å². The van der Waals surface area contributed by atoms with Gasteiger partial charge in [-0.3, -0.25) is 4.99 Å². The van der Waals surface area contributed by atoms with Gasteiger partial charge < -0.3 is 5.11 Å². The Hall–Kier alpha value is -2.09. The van der Waals surface area contributed by atoms with Gasteiger partial charge in [-0.05, 0) is 36.5 Å². The zero-order valence-electron chi connectivity index (χ0n) is 12.4. The average molecular weight is 279 g/mol. The maximum absolute atomic E-state index is 10.6. The molecular weight excluding hydrogens is 258 g/mol. The first-order chi connectivity index (χ1) is 10.2. The minimum atomic E-state index is 0.112. The highest BCUT2D eigenvalue weighted by Crippen LogP contribution is 2.44. The summed E-state index contributed by atoms with van der Waals surface area (Å²) < 4.78 is 0. The van der Waals surface area contributed by atoms with Crippen molar-refractivity contribution in [2.45, 2.75) is 38.0 Å². The van der Waals surface area contributed by atoms with Gasteiger partial charge in [0.05, 0.1) is 5.69 Å². The molecule has 1 aliphatic rings. The van der Waals surface area contributed by atoms with E-state index in [4.69, 9.17) is 0 Å². The standard InChI is InChI=1S/C19H21NO/c1-19(12-5-6-13-19)17-11-7-8-15(18(17)21)14-20-16-9-3-2-4-10-16/h2-4,7-11,14,21H,5-6,12-13H2,1H3/b20-14+. The molecule has 1 fully saturated rings. The van der Waals surface area contributed by atoms with E-state index in [9.17, 15) is 5.11 Å². The number of benzene rings is 2. The van der Waals surface area contributed by atoms with Crippen molar-refractivity contribution in [2.24, 2.45) is 4.99 Å². The number of hydrogen-bond acceptors (Lipinski definition) is 2. The number of aliphatic imine (C=N–C) groups is 1. The number of hydrogen-bond donors (Lipinski definition) is 1. The third kappa shape index (κ3) is 2.85. The van der Waals surface area contributed by atoms with Crippen molar-refractivity contribution in [2.75, 3.05) is 0 Å². The first-order valence-corrected chi connectivity index (χ1v) is 7.61. The molecule has 3 rings (SSSR count). The largest absolute Gasteiger partial charge is 0.507 e.